The van der Waals surface area contributed by atoms with Crippen LogP contribution in [0.25, 0.3) is 0 Å². The first-order chi connectivity index (χ1) is 9.28. The van der Waals surface area contributed by atoms with Crippen LogP contribution in [0.4, 0.5) is 0 Å². The largest absolute Gasteiger partial charge is 0.396 e. The molecule has 3 atom stereocenters. The van der Waals surface area contributed by atoms with Gasteiger partial charge in [0, 0.05) is 30.5 Å². The van der Waals surface area contributed by atoms with Gasteiger partial charge in [-0.25, -0.2) is 0 Å². The molecule has 104 valence electrons. The normalized spacial score (nSPS) is 30.3. The Kier molecular flexibility index (Phi) is 3.71. The van der Waals surface area contributed by atoms with Gasteiger partial charge in [0.05, 0.1) is 0 Å². The molecule has 1 heterocycles. The average molecular weight is 262 g/mol. The van der Waals surface area contributed by atoms with E-state index in [0.717, 1.165) is 37.8 Å². The third kappa shape index (κ3) is 2.60. The summed E-state index contributed by atoms with van der Waals surface area (Å²) in [5.74, 6) is 0.396. The molecule has 0 saturated heterocycles. The molecule has 3 rings (SSSR count). The molecule has 3 unspecified atom stereocenters. The fourth-order valence-electron chi connectivity index (χ4n) is 3.61. The third-order valence-electron chi connectivity index (χ3n) is 4.64. The van der Waals surface area contributed by atoms with Crippen LogP contribution in [-0.2, 0) is 6.42 Å². The first kappa shape index (κ1) is 12.9. The molecule has 0 amide bonds. The Bertz CT molecular complexity index is 497. The molecule has 1 aromatic heterocycles. The highest BCUT2D eigenvalue weighted by Crippen LogP contribution is 2.32. The van der Waals surface area contributed by atoms with Crippen LogP contribution in [0.2, 0.25) is 0 Å². The Hall–Kier alpha value is -1.13. The van der Waals surface area contributed by atoms with Crippen molar-refractivity contribution in [3.63, 3.8) is 0 Å². The molecule has 2 aliphatic rings. The maximum atomic E-state index is 11.4. The van der Waals surface area contributed by atoms with E-state index < -0.39 is 0 Å². The topological polar surface area (TPSA) is 65.1 Å². The van der Waals surface area contributed by atoms with Gasteiger partial charge in [-0.1, -0.05) is 12.5 Å². The first-order valence-corrected chi connectivity index (χ1v) is 7.37. The van der Waals surface area contributed by atoms with Gasteiger partial charge >= 0.3 is 0 Å². The van der Waals surface area contributed by atoms with Gasteiger partial charge in [0.2, 0.25) is 5.56 Å². The molecule has 0 aromatic carbocycles. The number of aromatic amines is 1. The number of hydrogen-bond donors (Lipinski definition) is 3. The van der Waals surface area contributed by atoms with Crippen molar-refractivity contribution in [3.05, 3.63) is 33.7 Å². The molecule has 2 aliphatic carbocycles. The number of aromatic nitrogens is 1. The summed E-state index contributed by atoms with van der Waals surface area (Å²) in [4.78, 5) is 14.3. The van der Waals surface area contributed by atoms with Crippen molar-refractivity contribution in [3.8, 4) is 0 Å². The highest BCUT2D eigenvalue weighted by molar-refractivity contribution is 5.26. The second-order valence-electron chi connectivity index (χ2n) is 5.85. The van der Waals surface area contributed by atoms with E-state index in [9.17, 15) is 9.90 Å². The summed E-state index contributed by atoms with van der Waals surface area (Å²) in [6.45, 7) is 0.281. The number of aliphatic hydroxyl groups is 1. The number of nitrogens with one attached hydrogen (secondary N) is 2. The highest BCUT2D eigenvalue weighted by Gasteiger charge is 2.30. The predicted octanol–water partition coefficient (Wildman–Crippen LogP) is 1.50. The lowest BCUT2D eigenvalue weighted by Crippen LogP contribution is -2.38. The van der Waals surface area contributed by atoms with Crippen LogP contribution in [0.3, 0.4) is 0 Å². The van der Waals surface area contributed by atoms with Crippen molar-refractivity contribution < 1.29 is 5.11 Å². The summed E-state index contributed by atoms with van der Waals surface area (Å²) in [5.41, 5.74) is 2.33. The highest BCUT2D eigenvalue weighted by atomic mass is 16.3. The van der Waals surface area contributed by atoms with Gasteiger partial charge in [-0.3, -0.25) is 4.79 Å². The number of aliphatic hydroxyl groups excluding tert-OH is 1. The van der Waals surface area contributed by atoms with Gasteiger partial charge in [0.15, 0.2) is 0 Å². The molecule has 1 fully saturated rings. The molecule has 4 nitrogen and oxygen atoms in total. The monoisotopic (exact) mass is 262 g/mol. The summed E-state index contributed by atoms with van der Waals surface area (Å²) in [5, 5.41) is 13.1. The Balaban J connectivity index is 1.78. The summed E-state index contributed by atoms with van der Waals surface area (Å²) in [6.07, 6.45) is 6.68. The third-order valence-corrected chi connectivity index (χ3v) is 4.64. The zero-order chi connectivity index (χ0) is 13.2. The van der Waals surface area contributed by atoms with Gasteiger partial charge in [-0.05, 0) is 43.6 Å². The Morgan fingerprint density at radius 3 is 3.00 bits per heavy atom. The molecule has 0 radical (unpaired) electrons. The molecule has 3 N–H and O–H groups in total. The van der Waals surface area contributed by atoms with E-state index in [4.69, 9.17) is 0 Å². The standard InChI is InChI=1S/C15H22N2O2/c18-9-10-3-1-4-12(10)16-13-5-2-6-14-11(13)7-8-15(19)17-14/h7-8,10,12-13,16,18H,1-6,9H2,(H,17,19). The molecule has 19 heavy (non-hydrogen) atoms. The van der Waals surface area contributed by atoms with Gasteiger partial charge in [0.1, 0.15) is 0 Å². The van der Waals surface area contributed by atoms with Gasteiger partial charge in [-0.15, -0.1) is 0 Å². The fourth-order valence-corrected chi connectivity index (χ4v) is 3.61. The van der Waals surface area contributed by atoms with E-state index in [2.05, 4.69) is 10.3 Å². The number of aryl methyl sites for hydroxylation is 1. The van der Waals surface area contributed by atoms with E-state index >= 15 is 0 Å². The van der Waals surface area contributed by atoms with E-state index in [1.807, 2.05) is 6.07 Å². The SMILES string of the molecule is O=c1ccc2c([nH]1)CCCC2NC1CCCC1CO. The Labute approximate surface area is 113 Å². The minimum Gasteiger partial charge on any atom is -0.396 e. The maximum absolute atomic E-state index is 11.4. The van der Waals surface area contributed by atoms with Crippen LogP contribution >= 0.6 is 0 Å². The predicted molar refractivity (Wildman–Crippen MR) is 74.1 cm³/mol. The minimum atomic E-state index is -0.00602. The van der Waals surface area contributed by atoms with Gasteiger partial charge in [-0.2, -0.15) is 0 Å². The smallest absolute Gasteiger partial charge is 0.248 e. The van der Waals surface area contributed by atoms with Crippen molar-refractivity contribution >= 4 is 0 Å². The Morgan fingerprint density at radius 2 is 2.16 bits per heavy atom. The number of fused-ring (bicyclic) bond motifs is 1. The van der Waals surface area contributed by atoms with Crippen LogP contribution in [0.15, 0.2) is 16.9 Å². The second-order valence-corrected chi connectivity index (χ2v) is 5.85. The maximum Gasteiger partial charge on any atom is 0.248 e. The van der Waals surface area contributed by atoms with Crippen molar-refractivity contribution in [1.82, 2.24) is 10.3 Å². The van der Waals surface area contributed by atoms with E-state index in [1.165, 1.54) is 12.0 Å². The van der Waals surface area contributed by atoms with E-state index in [0.29, 0.717) is 18.0 Å². The molecule has 0 bridgehead atoms. The molecule has 4 heteroatoms. The minimum absolute atomic E-state index is 0.00602. The lowest BCUT2D eigenvalue weighted by atomic mass is 9.90. The molecule has 1 aromatic rings. The number of pyridine rings is 1. The molecular formula is C15H22N2O2. The van der Waals surface area contributed by atoms with Gasteiger partial charge in [0.25, 0.3) is 0 Å². The zero-order valence-electron chi connectivity index (χ0n) is 11.2. The second kappa shape index (κ2) is 5.47. The summed E-state index contributed by atoms with van der Waals surface area (Å²) in [7, 11) is 0. The zero-order valence-corrected chi connectivity index (χ0v) is 11.2. The van der Waals surface area contributed by atoms with E-state index in [-0.39, 0.29) is 12.2 Å². The van der Waals surface area contributed by atoms with Gasteiger partial charge < -0.3 is 15.4 Å². The Morgan fingerprint density at radius 1 is 1.26 bits per heavy atom. The van der Waals surface area contributed by atoms with Crippen molar-refractivity contribution in [2.24, 2.45) is 5.92 Å². The van der Waals surface area contributed by atoms with Crippen molar-refractivity contribution in [1.29, 1.82) is 0 Å². The van der Waals surface area contributed by atoms with E-state index in [1.54, 1.807) is 6.07 Å². The molecule has 1 saturated carbocycles. The first-order valence-electron chi connectivity index (χ1n) is 7.37. The number of H-pyrrole nitrogens is 1. The number of hydrogen-bond acceptors (Lipinski definition) is 3. The fraction of sp³-hybridized carbons (Fsp3) is 0.667. The lowest BCUT2D eigenvalue weighted by molar-refractivity contribution is 0.197. The lowest BCUT2D eigenvalue weighted by Gasteiger charge is -2.30. The molecule has 0 aliphatic heterocycles. The average Bonchev–Trinajstić information content (AvgIpc) is 2.86. The summed E-state index contributed by atoms with van der Waals surface area (Å²) >= 11 is 0. The summed E-state index contributed by atoms with van der Waals surface area (Å²) in [6, 6.07) is 4.34. The summed E-state index contributed by atoms with van der Waals surface area (Å²) < 4.78 is 0. The van der Waals surface area contributed by atoms with Crippen LogP contribution in [0.5, 0.6) is 0 Å². The van der Waals surface area contributed by atoms with Crippen LogP contribution in [0, 0.1) is 5.92 Å². The van der Waals surface area contributed by atoms with Crippen molar-refractivity contribution in [2.75, 3.05) is 6.61 Å². The van der Waals surface area contributed by atoms with Crippen molar-refractivity contribution in [2.45, 2.75) is 50.6 Å². The molecular weight excluding hydrogens is 240 g/mol. The molecule has 0 spiro atoms. The van der Waals surface area contributed by atoms with Crippen LogP contribution < -0.4 is 10.9 Å². The van der Waals surface area contributed by atoms with Crippen LogP contribution in [-0.4, -0.2) is 22.7 Å². The number of rotatable bonds is 3. The quantitative estimate of drug-likeness (QED) is 0.773. The van der Waals surface area contributed by atoms with Crippen LogP contribution in [0.1, 0.15) is 49.4 Å².